The van der Waals surface area contributed by atoms with Crippen molar-refractivity contribution in [3.63, 3.8) is 0 Å². The maximum atomic E-state index is 6.01. The molecule has 0 saturated heterocycles. The second-order valence-corrected chi connectivity index (χ2v) is 5.16. The molecule has 0 radical (unpaired) electrons. The number of nitrogens with one attached hydrogen (secondary N) is 1. The molecule has 0 aromatic carbocycles. The van der Waals surface area contributed by atoms with E-state index in [0.717, 1.165) is 11.4 Å². The van der Waals surface area contributed by atoms with E-state index in [9.17, 15) is 0 Å². The summed E-state index contributed by atoms with van der Waals surface area (Å²) < 4.78 is 1.77. The highest BCUT2D eigenvalue weighted by Gasteiger charge is 2.21. The van der Waals surface area contributed by atoms with E-state index in [1.54, 1.807) is 16.4 Å². The normalized spacial score (nSPS) is 14.8. The topological polar surface area (TPSA) is 85.4 Å². The quantitative estimate of drug-likeness (QED) is 0.794. The van der Waals surface area contributed by atoms with Gasteiger partial charge in [0.1, 0.15) is 5.82 Å². The van der Waals surface area contributed by atoms with Gasteiger partial charge in [0.2, 0.25) is 5.16 Å². The minimum absolute atomic E-state index is 0.00278. The predicted molar refractivity (Wildman–Crippen MR) is 66.6 cm³/mol. The summed E-state index contributed by atoms with van der Waals surface area (Å²) in [5.74, 6) is 0.808. The van der Waals surface area contributed by atoms with Gasteiger partial charge in [-0.2, -0.15) is 5.10 Å². The molecule has 92 valence electrons. The van der Waals surface area contributed by atoms with Crippen molar-refractivity contribution >= 4 is 11.8 Å². The number of aromatic nitrogens is 5. The molecule has 0 saturated carbocycles. The minimum atomic E-state index is 0.00278. The van der Waals surface area contributed by atoms with Crippen LogP contribution in [0.3, 0.4) is 0 Å². The highest BCUT2D eigenvalue weighted by molar-refractivity contribution is 7.99. The predicted octanol–water partition coefficient (Wildman–Crippen LogP) is 1.03. The average molecular weight is 252 g/mol. The summed E-state index contributed by atoms with van der Waals surface area (Å²) in [7, 11) is 1.89. The minimum Gasteiger partial charge on any atom is -0.327 e. The van der Waals surface area contributed by atoms with Crippen molar-refractivity contribution in [1.82, 2.24) is 25.0 Å². The van der Waals surface area contributed by atoms with Crippen molar-refractivity contribution in [3.8, 4) is 0 Å². The molecule has 0 aliphatic rings. The van der Waals surface area contributed by atoms with Gasteiger partial charge in [-0.25, -0.2) is 4.98 Å². The first-order chi connectivity index (χ1) is 8.06. The van der Waals surface area contributed by atoms with E-state index in [2.05, 4.69) is 20.3 Å². The molecule has 0 aliphatic heterocycles. The summed E-state index contributed by atoms with van der Waals surface area (Å²) in [5.41, 5.74) is 7.10. The van der Waals surface area contributed by atoms with Crippen LogP contribution in [0.15, 0.2) is 17.6 Å². The van der Waals surface area contributed by atoms with Gasteiger partial charge < -0.3 is 5.73 Å². The molecule has 0 bridgehead atoms. The first-order valence-electron chi connectivity index (χ1n) is 5.36. The molecule has 6 nitrogen and oxygen atoms in total. The average Bonchev–Trinajstić information content (AvgIpc) is 2.83. The first kappa shape index (κ1) is 12.1. The van der Waals surface area contributed by atoms with Crippen LogP contribution in [-0.4, -0.2) is 31.0 Å². The second kappa shape index (κ2) is 4.89. The van der Waals surface area contributed by atoms with Gasteiger partial charge in [-0.3, -0.25) is 9.78 Å². The number of rotatable bonds is 4. The van der Waals surface area contributed by atoms with E-state index in [1.807, 2.05) is 33.3 Å². The lowest BCUT2D eigenvalue weighted by atomic mass is 10.1. The fraction of sp³-hybridized carbons (Fsp3) is 0.500. The Kier molecular flexibility index (Phi) is 3.49. The van der Waals surface area contributed by atoms with Crippen LogP contribution < -0.4 is 5.73 Å². The molecule has 2 atom stereocenters. The van der Waals surface area contributed by atoms with Crippen LogP contribution in [0.2, 0.25) is 0 Å². The van der Waals surface area contributed by atoms with Crippen molar-refractivity contribution in [2.24, 2.45) is 12.8 Å². The zero-order chi connectivity index (χ0) is 12.4. The van der Waals surface area contributed by atoms with Crippen molar-refractivity contribution in [2.45, 2.75) is 30.3 Å². The van der Waals surface area contributed by atoms with Crippen LogP contribution in [-0.2, 0) is 7.05 Å². The Hall–Kier alpha value is -1.34. The van der Waals surface area contributed by atoms with E-state index in [0.29, 0.717) is 5.16 Å². The van der Waals surface area contributed by atoms with Gasteiger partial charge in [0.15, 0.2) is 0 Å². The molecule has 3 N–H and O–H groups in total. The smallest absolute Gasteiger partial charge is 0.209 e. The number of aryl methyl sites for hydroxylation is 2. The van der Waals surface area contributed by atoms with Gasteiger partial charge in [-0.05, 0) is 13.8 Å². The highest BCUT2D eigenvalue weighted by Crippen LogP contribution is 2.34. The summed E-state index contributed by atoms with van der Waals surface area (Å²) in [6.07, 6.45) is 3.81. The van der Waals surface area contributed by atoms with Crippen molar-refractivity contribution in [2.75, 3.05) is 0 Å². The molecule has 2 rings (SSSR count). The molecule has 17 heavy (non-hydrogen) atoms. The van der Waals surface area contributed by atoms with Crippen molar-refractivity contribution in [3.05, 3.63) is 23.8 Å². The summed E-state index contributed by atoms with van der Waals surface area (Å²) in [6, 6.07) is 0.00278. The fourth-order valence-electron chi connectivity index (χ4n) is 1.55. The number of nitrogens with two attached hydrogens (primary N) is 1. The van der Waals surface area contributed by atoms with Crippen LogP contribution in [0.25, 0.3) is 0 Å². The van der Waals surface area contributed by atoms with Gasteiger partial charge in [-0.15, -0.1) is 5.10 Å². The third-order valence-electron chi connectivity index (χ3n) is 2.34. The fourth-order valence-corrected chi connectivity index (χ4v) is 2.54. The first-order valence-corrected chi connectivity index (χ1v) is 6.24. The van der Waals surface area contributed by atoms with E-state index in [4.69, 9.17) is 5.73 Å². The standard InChI is InChI=1S/C10H16N6S/c1-6(11)9(8-4-12-16(3)5-8)17-10-13-7(2)14-15-10/h4-6,9H,11H2,1-3H3,(H,13,14,15). The lowest BCUT2D eigenvalue weighted by Gasteiger charge is -2.16. The Bertz CT molecular complexity index is 488. The summed E-state index contributed by atoms with van der Waals surface area (Å²) in [5, 5.41) is 11.9. The Labute approximate surface area is 104 Å². The van der Waals surface area contributed by atoms with Gasteiger partial charge in [0.25, 0.3) is 0 Å². The van der Waals surface area contributed by atoms with Crippen LogP contribution in [0.1, 0.15) is 23.6 Å². The zero-order valence-electron chi connectivity index (χ0n) is 10.1. The SMILES string of the molecule is Cc1nc(SC(c2cnn(C)c2)C(C)N)n[nH]1. The van der Waals surface area contributed by atoms with Crippen molar-refractivity contribution in [1.29, 1.82) is 0 Å². The summed E-state index contributed by atoms with van der Waals surface area (Å²) in [6.45, 7) is 3.85. The van der Waals surface area contributed by atoms with Gasteiger partial charge >= 0.3 is 0 Å². The van der Waals surface area contributed by atoms with Gasteiger partial charge in [-0.1, -0.05) is 11.8 Å². The zero-order valence-corrected chi connectivity index (χ0v) is 10.9. The summed E-state index contributed by atoms with van der Waals surface area (Å²) >= 11 is 1.55. The van der Waals surface area contributed by atoms with Crippen LogP contribution >= 0.6 is 11.8 Å². The number of hydrogen-bond donors (Lipinski definition) is 2. The van der Waals surface area contributed by atoms with Gasteiger partial charge in [0.05, 0.1) is 11.4 Å². The maximum Gasteiger partial charge on any atom is 0.209 e. The Morgan fingerprint density at radius 3 is 2.76 bits per heavy atom. The molecule has 0 amide bonds. The molecule has 2 unspecified atom stereocenters. The maximum absolute atomic E-state index is 6.01. The number of thioether (sulfide) groups is 1. The lowest BCUT2D eigenvalue weighted by molar-refractivity contribution is 0.715. The molecule has 7 heteroatoms. The molecular formula is C10H16N6S. The van der Waals surface area contributed by atoms with Crippen LogP contribution in [0, 0.1) is 6.92 Å². The number of nitrogens with zero attached hydrogens (tertiary/aromatic N) is 4. The molecule has 2 heterocycles. The number of aromatic amines is 1. The van der Waals surface area contributed by atoms with E-state index >= 15 is 0 Å². The molecular weight excluding hydrogens is 236 g/mol. The lowest BCUT2D eigenvalue weighted by Crippen LogP contribution is -2.22. The Balaban J connectivity index is 2.18. The third-order valence-corrected chi connectivity index (χ3v) is 3.69. The molecule has 0 spiro atoms. The third kappa shape index (κ3) is 2.86. The van der Waals surface area contributed by atoms with Crippen LogP contribution in [0.4, 0.5) is 0 Å². The summed E-state index contributed by atoms with van der Waals surface area (Å²) in [4.78, 5) is 4.28. The number of H-pyrrole nitrogens is 1. The van der Waals surface area contributed by atoms with Crippen molar-refractivity contribution < 1.29 is 0 Å². The van der Waals surface area contributed by atoms with E-state index in [-0.39, 0.29) is 11.3 Å². The van der Waals surface area contributed by atoms with E-state index < -0.39 is 0 Å². The van der Waals surface area contributed by atoms with Gasteiger partial charge in [0, 0.05) is 24.8 Å². The monoisotopic (exact) mass is 252 g/mol. The molecule has 0 aliphatic carbocycles. The molecule has 0 fully saturated rings. The Morgan fingerprint density at radius 2 is 2.29 bits per heavy atom. The Morgan fingerprint density at radius 1 is 1.53 bits per heavy atom. The van der Waals surface area contributed by atoms with E-state index in [1.165, 1.54) is 0 Å². The largest absolute Gasteiger partial charge is 0.327 e. The molecule has 2 aromatic heterocycles. The number of hydrogen-bond acceptors (Lipinski definition) is 5. The van der Waals surface area contributed by atoms with Crippen LogP contribution in [0.5, 0.6) is 0 Å². The second-order valence-electron chi connectivity index (χ2n) is 4.05. The molecule has 2 aromatic rings. The highest BCUT2D eigenvalue weighted by atomic mass is 32.2.